The van der Waals surface area contributed by atoms with Gasteiger partial charge in [0.1, 0.15) is 0 Å². The van der Waals surface area contributed by atoms with Crippen LogP contribution in [0, 0.1) is 0 Å². The molecule has 0 saturated heterocycles. The largest absolute Gasteiger partial charge is 0.454 e. The van der Waals surface area contributed by atoms with Crippen LogP contribution in [0.5, 0.6) is 11.5 Å². The van der Waals surface area contributed by atoms with Crippen molar-refractivity contribution in [3.05, 3.63) is 70.0 Å². The summed E-state index contributed by atoms with van der Waals surface area (Å²) in [6, 6.07) is 13.2. The highest BCUT2D eigenvalue weighted by atomic mass is 32.2. The molecule has 1 amide bonds. The lowest BCUT2D eigenvalue weighted by atomic mass is 9.97. The van der Waals surface area contributed by atoms with Crippen molar-refractivity contribution >= 4 is 28.6 Å². The molecule has 176 valence electrons. The number of carbonyl (C=O) groups excluding carboxylic acids is 1. The molecule has 1 aromatic heterocycles. The molecule has 2 aliphatic rings. The number of nitrogens with zero attached hydrogens (tertiary/aromatic N) is 2. The SMILES string of the molecule is O=C(CSc1nc2cc3c(cc2c(=O)n1CCC1=CCCCC1)OCO3)NCc1ccccc1. The standard InChI is InChI=1S/C26H27N3O4S/c30-24(27-15-19-9-5-2-6-10-19)16-34-26-28-21-14-23-22(32-17-33-23)13-20(21)25(31)29(26)12-11-18-7-3-1-4-8-18/h2,5-7,9-10,13-14H,1,3-4,8,11-12,15-17H2,(H,27,30). The Balaban J connectivity index is 1.37. The van der Waals surface area contributed by atoms with Crippen LogP contribution in [-0.2, 0) is 17.9 Å². The van der Waals surface area contributed by atoms with E-state index in [2.05, 4.69) is 11.4 Å². The van der Waals surface area contributed by atoms with Crippen LogP contribution in [0.15, 0.2) is 64.1 Å². The Morgan fingerprint density at radius 2 is 1.94 bits per heavy atom. The van der Waals surface area contributed by atoms with E-state index in [-0.39, 0.29) is 24.0 Å². The maximum Gasteiger partial charge on any atom is 0.262 e. The third-order valence-corrected chi connectivity index (χ3v) is 7.10. The second-order valence-corrected chi connectivity index (χ2v) is 9.43. The molecule has 0 fully saturated rings. The van der Waals surface area contributed by atoms with E-state index in [1.807, 2.05) is 30.3 Å². The van der Waals surface area contributed by atoms with Gasteiger partial charge in [-0.05, 0) is 43.7 Å². The average molecular weight is 478 g/mol. The molecule has 1 aliphatic heterocycles. The van der Waals surface area contributed by atoms with E-state index in [1.54, 1.807) is 16.7 Å². The first kappa shape index (κ1) is 22.5. The summed E-state index contributed by atoms with van der Waals surface area (Å²) in [5.41, 5.74) is 2.86. The molecule has 3 aromatic rings. The van der Waals surface area contributed by atoms with E-state index in [4.69, 9.17) is 14.5 Å². The fraction of sp³-hybridized carbons (Fsp3) is 0.346. The molecule has 0 bridgehead atoms. The Hall–Kier alpha value is -3.26. The van der Waals surface area contributed by atoms with Gasteiger partial charge in [0.15, 0.2) is 16.7 Å². The molecular weight excluding hydrogens is 450 g/mol. The fourth-order valence-corrected chi connectivity index (χ4v) is 5.12. The van der Waals surface area contributed by atoms with Crippen LogP contribution >= 0.6 is 11.8 Å². The molecule has 34 heavy (non-hydrogen) atoms. The minimum atomic E-state index is -0.119. The summed E-state index contributed by atoms with van der Waals surface area (Å²) in [6.07, 6.45) is 7.72. The van der Waals surface area contributed by atoms with Crippen LogP contribution in [0.2, 0.25) is 0 Å². The van der Waals surface area contributed by atoms with Crippen molar-refractivity contribution in [2.45, 2.75) is 50.4 Å². The van der Waals surface area contributed by atoms with Gasteiger partial charge in [-0.15, -0.1) is 0 Å². The van der Waals surface area contributed by atoms with Crippen molar-refractivity contribution in [1.29, 1.82) is 0 Å². The zero-order valence-corrected chi connectivity index (χ0v) is 19.7. The van der Waals surface area contributed by atoms with Gasteiger partial charge in [0, 0.05) is 19.2 Å². The number of rotatable bonds is 8. The van der Waals surface area contributed by atoms with Crippen molar-refractivity contribution < 1.29 is 14.3 Å². The third kappa shape index (κ3) is 5.12. The van der Waals surface area contributed by atoms with Gasteiger partial charge in [-0.3, -0.25) is 14.2 Å². The quantitative estimate of drug-likeness (QED) is 0.294. The number of benzene rings is 2. The van der Waals surface area contributed by atoms with Crippen molar-refractivity contribution in [3.63, 3.8) is 0 Å². The van der Waals surface area contributed by atoms with E-state index in [0.29, 0.717) is 40.6 Å². The predicted octanol–water partition coefficient (Wildman–Crippen LogP) is 4.42. The van der Waals surface area contributed by atoms with Gasteiger partial charge in [0.05, 0.1) is 16.7 Å². The number of allylic oxidation sites excluding steroid dienone is 2. The number of carbonyl (C=O) groups is 1. The second kappa shape index (κ2) is 10.3. The first-order chi connectivity index (χ1) is 16.7. The van der Waals surface area contributed by atoms with E-state index in [0.717, 1.165) is 24.8 Å². The first-order valence-corrected chi connectivity index (χ1v) is 12.6. The first-order valence-electron chi connectivity index (χ1n) is 11.6. The Kier molecular flexibility index (Phi) is 6.85. The molecular formula is C26H27N3O4S. The average Bonchev–Trinajstić information content (AvgIpc) is 3.33. The van der Waals surface area contributed by atoms with E-state index >= 15 is 0 Å². The monoisotopic (exact) mass is 477 g/mol. The molecule has 2 aromatic carbocycles. The van der Waals surface area contributed by atoms with Crippen molar-refractivity contribution in [1.82, 2.24) is 14.9 Å². The molecule has 0 atom stereocenters. The van der Waals surface area contributed by atoms with Gasteiger partial charge < -0.3 is 14.8 Å². The summed E-state index contributed by atoms with van der Waals surface area (Å²) >= 11 is 1.29. The number of amides is 1. The highest BCUT2D eigenvalue weighted by Gasteiger charge is 2.20. The van der Waals surface area contributed by atoms with Crippen molar-refractivity contribution in [2.75, 3.05) is 12.5 Å². The second-order valence-electron chi connectivity index (χ2n) is 8.48. The van der Waals surface area contributed by atoms with E-state index in [9.17, 15) is 9.59 Å². The number of hydrogen-bond acceptors (Lipinski definition) is 6. The minimum Gasteiger partial charge on any atom is -0.454 e. The van der Waals surface area contributed by atoms with Crippen LogP contribution in [0.4, 0.5) is 0 Å². The molecule has 2 heterocycles. The summed E-state index contributed by atoms with van der Waals surface area (Å²) in [5.74, 6) is 1.23. The summed E-state index contributed by atoms with van der Waals surface area (Å²) in [4.78, 5) is 30.7. The molecule has 0 radical (unpaired) electrons. The third-order valence-electron chi connectivity index (χ3n) is 6.12. The molecule has 7 nitrogen and oxygen atoms in total. The van der Waals surface area contributed by atoms with Crippen LogP contribution in [0.3, 0.4) is 0 Å². The molecule has 8 heteroatoms. The number of nitrogens with one attached hydrogen (secondary N) is 1. The Labute approximate surface area is 202 Å². The highest BCUT2D eigenvalue weighted by molar-refractivity contribution is 7.99. The number of hydrogen-bond donors (Lipinski definition) is 1. The van der Waals surface area contributed by atoms with Crippen LogP contribution in [0.1, 0.15) is 37.7 Å². The van der Waals surface area contributed by atoms with Gasteiger partial charge in [0.25, 0.3) is 5.56 Å². The summed E-state index contributed by atoms with van der Waals surface area (Å²) < 4.78 is 12.6. The molecule has 0 unspecified atom stereocenters. The van der Waals surface area contributed by atoms with E-state index < -0.39 is 0 Å². The number of fused-ring (bicyclic) bond motifs is 2. The van der Waals surface area contributed by atoms with Crippen molar-refractivity contribution in [3.8, 4) is 11.5 Å². The van der Waals surface area contributed by atoms with Crippen molar-refractivity contribution in [2.24, 2.45) is 0 Å². The maximum atomic E-state index is 13.5. The van der Waals surface area contributed by atoms with Crippen LogP contribution in [0.25, 0.3) is 10.9 Å². The van der Waals surface area contributed by atoms with E-state index in [1.165, 1.54) is 30.2 Å². The van der Waals surface area contributed by atoms with Gasteiger partial charge in [-0.1, -0.05) is 53.7 Å². The lowest BCUT2D eigenvalue weighted by molar-refractivity contribution is -0.118. The van der Waals surface area contributed by atoms with Crippen LogP contribution < -0.4 is 20.3 Å². The minimum absolute atomic E-state index is 0.101. The molecule has 1 N–H and O–H groups in total. The highest BCUT2D eigenvalue weighted by Crippen LogP contribution is 2.35. The van der Waals surface area contributed by atoms with Gasteiger partial charge in [-0.25, -0.2) is 4.98 Å². The van der Waals surface area contributed by atoms with Gasteiger partial charge >= 0.3 is 0 Å². The molecule has 5 rings (SSSR count). The zero-order chi connectivity index (χ0) is 23.3. The molecule has 0 saturated carbocycles. The molecule has 1 aliphatic carbocycles. The molecule has 0 spiro atoms. The number of thioether (sulfide) groups is 1. The zero-order valence-electron chi connectivity index (χ0n) is 18.9. The smallest absolute Gasteiger partial charge is 0.262 e. The summed E-state index contributed by atoms with van der Waals surface area (Å²) in [5, 5.41) is 3.98. The normalized spacial score (nSPS) is 14.8. The lowest BCUT2D eigenvalue weighted by Gasteiger charge is -2.16. The van der Waals surface area contributed by atoms with Crippen LogP contribution in [-0.4, -0.2) is 28.0 Å². The lowest BCUT2D eigenvalue weighted by Crippen LogP contribution is -2.27. The Morgan fingerprint density at radius 1 is 1.12 bits per heavy atom. The number of aromatic nitrogens is 2. The summed E-state index contributed by atoms with van der Waals surface area (Å²) in [7, 11) is 0. The fourth-order valence-electron chi connectivity index (χ4n) is 4.26. The maximum absolute atomic E-state index is 13.5. The van der Waals surface area contributed by atoms with Gasteiger partial charge in [-0.2, -0.15) is 0 Å². The Morgan fingerprint density at radius 3 is 2.74 bits per heavy atom. The number of ether oxygens (including phenoxy) is 2. The van der Waals surface area contributed by atoms with Gasteiger partial charge in [0.2, 0.25) is 12.7 Å². The summed E-state index contributed by atoms with van der Waals surface area (Å²) in [6.45, 7) is 1.14. The predicted molar refractivity (Wildman–Crippen MR) is 132 cm³/mol. The topological polar surface area (TPSA) is 82.5 Å². The Bertz CT molecular complexity index is 1290.